The molecule has 9 aromatic rings. The Balaban J connectivity index is 1.21. The normalized spacial score (nSPS) is 13.5. The summed E-state index contributed by atoms with van der Waals surface area (Å²) in [5, 5.41) is 10.9. The Labute approximate surface area is 346 Å². The number of nitrogens with one attached hydrogen (secondary N) is 1. The average molecular weight is 769 g/mol. The number of fused-ring (bicyclic) bond motifs is 5. The zero-order valence-electron chi connectivity index (χ0n) is 35.0. The second-order valence-corrected chi connectivity index (χ2v) is 17.7. The number of aryl methyl sites for hydroxylation is 3. The van der Waals surface area contributed by atoms with Crippen molar-refractivity contribution in [2.45, 2.75) is 66.2 Å². The smallest absolute Gasteiger partial charge is 0.142 e. The van der Waals surface area contributed by atoms with Crippen molar-refractivity contribution in [1.29, 1.82) is 0 Å². The van der Waals surface area contributed by atoms with Crippen LogP contribution in [-0.4, -0.2) is 24.7 Å². The van der Waals surface area contributed by atoms with E-state index in [2.05, 4.69) is 203 Å². The molecule has 1 aliphatic heterocycles. The SMILES string of the molecule is Cc1cc(C)c(-c2n[nH]c(-c3ccc4c(n3)N(c3ccc5c6ccccc6n(-c6cc(C(C)(C)C)ccn6)c5c3)c3ccccc3C4(C)C)c2-c2ccccc2)c(C)c1. The van der Waals surface area contributed by atoms with Crippen molar-refractivity contribution >= 4 is 39.0 Å². The van der Waals surface area contributed by atoms with E-state index < -0.39 is 0 Å². The summed E-state index contributed by atoms with van der Waals surface area (Å²) in [6.07, 6.45) is 1.94. The van der Waals surface area contributed by atoms with Crippen molar-refractivity contribution in [2.75, 3.05) is 4.90 Å². The first-order valence-electron chi connectivity index (χ1n) is 20.5. The van der Waals surface area contributed by atoms with Crippen molar-refractivity contribution in [3.05, 3.63) is 173 Å². The Kier molecular flexibility index (Phi) is 8.29. The van der Waals surface area contributed by atoms with Gasteiger partial charge >= 0.3 is 0 Å². The van der Waals surface area contributed by atoms with E-state index in [0.717, 1.165) is 73.4 Å². The molecule has 0 saturated carbocycles. The molecule has 4 aromatic heterocycles. The molecule has 0 radical (unpaired) electrons. The summed E-state index contributed by atoms with van der Waals surface area (Å²) in [4.78, 5) is 13.0. The van der Waals surface area contributed by atoms with Crippen molar-refractivity contribution in [3.8, 4) is 39.6 Å². The highest BCUT2D eigenvalue weighted by molar-refractivity contribution is 6.10. The second-order valence-electron chi connectivity index (χ2n) is 17.7. The molecule has 0 fully saturated rings. The Morgan fingerprint density at radius 3 is 2.14 bits per heavy atom. The third kappa shape index (κ3) is 5.80. The molecule has 0 unspecified atom stereocenters. The molecule has 0 saturated heterocycles. The molecule has 0 bridgehead atoms. The van der Waals surface area contributed by atoms with Crippen LogP contribution in [-0.2, 0) is 10.8 Å². The molecule has 0 amide bonds. The van der Waals surface area contributed by atoms with Crippen LogP contribution in [0.2, 0.25) is 0 Å². The quantitative estimate of drug-likeness (QED) is 0.189. The lowest BCUT2D eigenvalue weighted by molar-refractivity contribution is 0.588. The van der Waals surface area contributed by atoms with Crippen LogP contribution in [0, 0.1) is 20.8 Å². The highest BCUT2D eigenvalue weighted by Gasteiger charge is 2.38. The molecular weight excluding hydrogens is 721 g/mol. The van der Waals surface area contributed by atoms with Gasteiger partial charge in [0.25, 0.3) is 0 Å². The van der Waals surface area contributed by atoms with E-state index >= 15 is 0 Å². The summed E-state index contributed by atoms with van der Waals surface area (Å²) >= 11 is 0. The van der Waals surface area contributed by atoms with Gasteiger partial charge in [0.05, 0.1) is 28.1 Å². The fourth-order valence-electron chi connectivity index (χ4n) is 9.46. The van der Waals surface area contributed by atoms with Gasteiger partial charge in [-0.15, -0.1) is 0 Å². The van der Waals surface area contributed by atoms with E-state index in [1.54, 1.807) is 0 Å². The predicted octanol–water partition coefficient (Wildman–Crippen LogP) is 13.6. The molecule has 0 spiro atoms. The Hall–Kier alpha value is -6.79. The summed E-state index contributed by atoms with van der Waals surface area (Å²) in [5.41, 5.74) is 17.3. The third-order valence-corrected chi connectivity index (χ3v) is 12.3. The number of rotatable bonds is 5. The van der Waals surface area contributed by atoms with E-state index in [1.807, 2.05) is 6.20 Å². The van der Waals surface area contributed by atoms with Crippen LogP contribution in [0.25, 0.3) is 61.4 Å². The predicted molar refractivity (Wildman–Crippen MR) is 245 cm³/mol. The first-order valence-corrected chi connectivity index (χ1v) is 20.5. The molecule has 6 heteroatoms. The molecule has 6 nitrogen and oxygen atoms in total. The first-order chi connectivity index (χ1) is 28.4. The molecule has 59 heavy (non-hydrogen) atoms. The number of hydrogen-bond donors (Lipinski definition) is 1. The van der Waals surface area contributed by atoms with Crippen LogP contribution in [0.5, 0.6) is 0 Å². The number of H-pyrrole nitrogens is 1. The summed E-state index contributed by atoms with van der Waals surface area (Å²) in [7, 11) is 0. The van der Waals surface area contributed by atoms with E-state index in [9.17, 15) is 0 Å². The van der Waals surface area contributed by atoms with E-state index in [0.29, 0.717) is 0 Å². The second kappa shape index (κ2) is 13.4. The molecule has 5 aromatic carbocycles. The number of pyridine rings is 2. The van der Waals surface area contributed by atoms with Crippen LogP contribution < -0.4 is 4.90 Å². The van der Waals surface area contributed by atoms with Crippen LogP contribution in [0.15, 0.2) is 140 Å². The molecule has 290 valence electrons. The van der Waals surface area contributed by atoms with Gasteiger partial charge in [-0.3, -0.25) is 14.6 Å². The minimum Gasteiger partial charge on any atom is -0.294 e. The number of para-hydroxylation sites is 2. The maximum absolute atomic E-state index is 5.67. The van der Waals surface area contributed by atoms with Gasteiger partial charge in [0.2, 0.25) is 0 Å². The van der Waals surface area contributed by atoms with Crippen LogP contribution in [0.3, 0.4) is 0 Å². The average Bonchev–Trinajstić information content (AvgIpc) is 3.80. The Morgan fingerprint density at radius 2 is 1.36 bits per heavy atom. The topological polar surface area (TPSA) is 62.6 Å². The monoisotopic (exact) mass is 768 g/mol. The van der Waals surface area contributed by atoms with Gasteiger partial charge in [0, 0.05) is 44.8 Å². The number of anilines is 3. The lowest BCUT2D eigenvalue weighted by Crippen LogP contribution is -2.31. The largest absolute Gasteiger partial charge is 0.294 e. The van der Waals surface area contributed by atoms with Crippen molar-refractivity contribution < 1.29 is 0 Å². The Bertz CT molecular complexity index is 3080. The summed E-state index contributed by atoms with van der Waals surface area (Å²) in [6.45, 7) is 17.9. The number of benzene rings is 5. The van der Waals surface area contributed by atoms with Gasteiger partial charge in [0.15, 0.2) is 0 Å². The zero-order chi connectivity index (χ0) is 40.8. The van der Waals surface area contributed by atoms with Gasteiger partial charge in [-0.1, -0.05) is 131 Å². The number of aromatic amines is 1. The minimum absolute atomic E-state index is 0.0212. The molecule has 10 rings (SSSR count). The van der Waals surface area contributed by atoms with Gasteiger partial charge in [-0.2, -0.15) is 5.10 Å². The van der Waals surface area contributed by atoms with Crippen LogP contribution in [0.4, 0.5) is 17.2 Å². The number of nitrogens with zero attached hydrogens (tertiary/aromatic N) is 5. The molecule has 0 atom stereocenters. The summed E-state index contributed by atoms with van der Waals surface area (Å²) in [6, 6.07) is 48.1. The number of aromatic nitrogens is 5. The first kappa shape index (κ1) is 36.5. The fraction of sp³-hybridized carbons (Fsp3) is 0.189. The van der Waals surface area contributed by atoms with Crippen molar-refractivity contribution in [3.63, 3.8) is 0 Å². The van der Waals surface area contributed by atoms with Crippen LogP contribution >= 0.6 is 0 Å². The highest BCUT2D eigenvalue weighted by Crippen LogP contribution is 2.52. The van der Waals surface area contributed by atoms with E-state index in [1.165, 1.54) is 38.6 Å². The molecule has 0 aliphatic carbocycles. The number of hydrogen-bond acceptors (Lipinski definition) is 4. The summed E-state index contributed by atoms with van der Waals surface area (Å²) < 4.78 is 2.32. The standard InChI is InChI=1S/C53H48N6/c1-32-28-33(2)47(34(3)29-32)50-48(35-16-10-9-11-17-35)49(56-57-50)42-25-24-41-51(55-42)58(44-21-15-13-19-40(44)53(41,7)8)37-22-23-39-38-18-12-14-20-43(38)59(45(39)31-37)46-30-36(26-27-54-46)52(4,5)6/h9-31H,1-8H3,(H,56,57). The van der Waals surface area contributed by atoms with Crippen molar-refractivity contribution in [2.24, 2.45) is 0 Å². The zero-order valence-corrected chi connectivity index (χ0v) is 35.0. The van der Waals surface area contributed by atoms with Gasteiger partial charge in [-0.25, -0.2) is 9.97 Å². The minimum atomic E-state index is -0.304. The van der Waals surface area contributed by atoms with E-state index in [-0.39, 0.29) is 10.8 Å². The Morgan fingerprint density at radius 1 is 0.644 bits per heavy atom. The maximum Gasteiger partial charge on any atom is 0.142 e. The summed E-state index contributed by atoms with van der Waals surface area (Å²) in [5.74, 6) is 1.81. The maximum atomic E-state index is 5.67. The molecule has 5 heterocycles. The lowest BCUT2D eigenvalue weighted by atomic mass is 9.74. The molecule has 1 N–H and O–H groups in total. The lowest BCUT2D eigenvalue weighted by Gasteiger charge is -2.41. The molecule has 1 aliphatic rings. The van der Waals surface area contributed by atoms with E-state index in [4.69, 9.17) is 15.1 Å². The van der Waals surface area contributed by atoms with Crippen LogP contribution in [0.1, 0.15) is 68.0 Å². The third-order valence-electron chi connectivity index (χ3n) is 12.3. The van der Waals surface area contributed by atoms with Gasteiger partial charge < -0.3 is 0 Å². The highest BCUT2D eigenvalue weighted by atomic mass is 15.2. The van der Waals surface area contributed by atoms with Crippen molar-refractivity contribution in [1.82, 2.24) is 24.7 Å². The van der Waals surface area contributed by atoms with Gasteiger partial charge in [-0.05, 0) is 96.5 Å². The fourth-order valence-corrected chi connectivity index (χ4v) is 9.46. The van der Waals surface area contributed by atoms with Gasteiger partial charge in [0.1, 0.15) is 17.3 Å². The molecular formula is C53H48N6.